The van der Waals surface area contributed by atoms with E-state index in [-0.39, 0.29) is 0 Å². The van der Waals surface area contributed by atoms with Crippen molar-refractivity contribution in [1.29, 1.82) is 0 Å². The second-order valence-corrected chi connectivity index (χ2v) is 4.22. The molecule has 0 saturated heterocycles. The Morgan fingerprint density at radius 1 is 1.64 bits per heavy atom. The first kappa shape index (κ1) is 11.1. The van der Waals surface area contributed by atoms with Gasteiger partial charge in [-0.15, -0.1) is 0 Å². The molecule has 3 N–H and O–H groups in total. The second kappa shape index (κ2) is 6.76. The highest BCUT2D eigenvalue weighted by molar-refractivity contribution is 7.84. The maximum Gasteiger partial charge on any atom is 0.0383 e. The molecule has 0 radical (unpaired) electrons. The number of hydrogen-bond acceptors (Lipinski definition) is 3. The highest BCUT2D eigenvalue weighted by Crippen LogP contribution is 1.85. The lowest BCUT2D eigenvalue weighted by Gasteiger charge is -2.10. The Kier molecular flexibility index (Phi) is 6.80. The fraction of sp³-hybridized carbons (Fsp3) is 1.00. The van der Waals surface area contributed by atoms with Crippen molar-refractivity contribution in [2.45, 2.75) is 19.4 Å². The fourth-order valence-corrected chi connectivity index (χ4v) is 1.68. The van der Waals surface area contributed by atoms with Crippen molar-refractivity contribution in [3.05, 3.63) is 0 Å². The molecule has 0 aliphatic heterocycles. The Hall–Kier alpha value is 0.0700. The van der Waals surface area contributed by atoms with Gasteiger partial charge in [0, 0.05) is 28.9 Å². The third kappa shape index (κ3) is 7.97. The quantitative estimate of drug-likeness (QED) is 0.549. The summed E-state index contributed by atoms with van der Waals surface area (Å²) in [6, 6.07) is 0.340. The van der Waals surface area contributed by atoms with Gasteiger partial charge in [-0.1, -0.05) is 0 Å². The third-order valence-corrected chi connectivity index (χ3v) is 2.33. The molecule has 0 aliphatic rings. The van der Waals surface area contributed by atoms with Crippen molar-refractivity contribution in [2.75, 3.05) is 25.1 Å². The van der Waals surface area contributed by atoms with Gasteiger partial charge in [0.25, 0.3) is 0 Å². The van der Waals surface area contributed by atoms with E-state index in [1.165, 1.54) is 0 Å². The molecule has 3 nitrogen and oxygen atoms in total. The summed E-state index contributed by atoms with van der Waals surface area (Å²) in [5.41, 5.74) is 5.32. The lowest BCUT2D eigenvalue weighted by molar-refractivity contribution is 0.574. The van der Waals surface area contributed by atoms with Crippen LogP contribution in [0.5, 0.6) is 0 Å². The van der Waals surface area contributed by atoms with Crippen molar-refractivity contribution in [1.82, 2.24) is 5.32 Å². The number of hydrogen-bond donors (Lipinski definition) is 2. The zero-order valence-electron chi connectivity index (χ0n) is 7.30. The van der Waals surface area contributed by atoms with Crippen LogP contribution in [0.4, 0.5) is 0 Å². The molecule has 2 atom stereocenters. The first-order valence-corrected chi connectivity index (χ1v) is 5.63. The molecule has 0 rings (SSSR count). The van der Waals surface area contributed by atoms with E-state index in [1.807, 2.05) is 6.92 Å². The van der Waals surface area contributed by atoms with Gasteiger partial charge in [-0.05, 0) is 26.4 Å². The van der Waals surface area contributed by atoms with Crippen LogP contribution >= 0.6 is 0 Å². The van der Waals surface area contributed by atoms with Crippen LogP contribution in [0.1, 0.15) is 13.3 Å². The van der Waals surface area contributed by atoms with Crippen LogP contribution in [-0.2, 0) is 10.8 Å². The lowest BCUT2D eigenvalue weighted by atomic mass is 10.3. The number of nitrogens with one attached hydrogen (secondary N) is 1. The summed E-state index contributed by atoms with van der Waals surface area (Å²) in [6.07, 6.45) is 2.71. The zero-order chi connectivity index (χ0) is 8.69. The molecule has 11 heavy (non-hydrogen) atoms. The van der Waals surface area contributed by atoms with Gasteiger partial charge in [0.2, 0.25) is 0 Å². The molecule has 0 aromatic heterocycles. The Labute approximate surface area is 71.2 Å². The maximum absolute atomic E-state index is 10.7. The van der Waals surface area contributed by atoms with Gasteiger partial charge in [-0.2, -0.15) is 0 Å². The minimum atomic E-state index is -0.695. The molecule has 68 valence electrons. The smallest absolute Gasteiger partial charge is 0.0383 e. The zero-order valence-corrected chi connectivity index (χ0v) is 8.12. The predicted molar refractivity (Wildman–Crippen MR) is 50.1 cm³/mol. The standard InChI is InChI=1S/C7H18N2OS/c1-7(6-11(2)10)9-5-3-4-8/h7,9H,3-6,8H2,1-2H3. The van der Waals surface area contributed by atoms with E-state index in [2.05, 4.69) is 5.32 Å². The number of rotatable bonds is 6. The van der Waals surface area contributed by atoms with E-state index >= 15 is 0 Å². The van der Waals surface area contributed by atoms with Gasteiger partial charge in [-0.25, -0.2) is 0 Å². The molecule has 0 bridgehead atoms. The van der Waals surface area contributed by atoms with Gasteiger partial charge in [-0.3, -0.25) is 4.21 Å². The van der Waals surface area contributed by atoms with Crippen molar-refractivity contribution in [2.24, 2.45) is 5.73 Å². The minimum absolute atomic E-state index is 0.340. The summed E-state index contributed by atoms with van der Waals surface area (Å²) >= 11 is 0. The van der Waals surface area contributed by atoms with Crippen molar-refractivity contribution < 1.29 is 4.21 Å². The van der Waals surface area contributed by atoms with E-state index in [9.17, 15) is 4.21 Å². The Balaban J connectivity index is 3.22. The van der Waals surface area contributed by atoms with Crippen LogP contribution in [-0.4, -0.2) is 35.3 Å². The maximum atomic E-state index is 10.7. The van der Waals surface area contributed by atoms with Crippen molar-refractivity contribution in [3.8, 4) is 0 Å². The highest BCUT2D eigenvalue weighted by Gasteiger charge is 2.01. The largest absolute Gasteiger partial charge is 0.330 e. The predicted octanol–water partition coefficient (Wildman–Crippen LogP) is -0.308. The average Bonchev–Trinajstić information content (AvgIpc) is 1.86. The normalized spacial score (nSPS) is 16.3. The molecule has 0 heterocycles. The van der Waals surface area contributed by atoms with Crippen LogP contribution in [0.15, 0.2) is 0 Å². The van der Waals surface area contributed by atoms with Crippen molar-refractivity contribution in [3.63, 3.8) is 0 Å². The molecule has 0 aliphatic carbocycles. The molecular formula is C7H18N2OS. The molecule has 0 fully saturated rings. The SMILES string of the molecule is CC(CS(C)=O)NCCCN. The third-order valence-electron chi connectivity index (χ3n) is 1.36. The van der Waals surface area contributed by atoms with Gasteiger partial charge in [0.15, 0.2) is 0 Å². The summed E-state index contributed by atoms with van der Waals surface area (Å²) in [4.78, 5) is 0. The minimum Gasteiger partial charge on any atom is -0.330 e. The summed E-state index contributed by atoms with van der Waals surface area (Å²) in [6.45, 7) is 3.68. The number of nitrogens with two attached hydrogens (primary N) is 1. The van der Waals surface area contributed by atoms with Crippen LogP contribution in [0.25, 0.3) is 0 Å². The molecule has 0 spiro atoms. The first-order valence-electron chi connectivity index (χ1n) is 3.90. The Morgan fingerprint density at radius 2 is 2.27 bits per heavy atom. The van der Waals surface area contributed by atoms with Gasteiger partial charge in [0.05, 0.1) is 0 Å². The monoisotopic (exact) mass is 178 g/mol. The highest BCUT2D eigenvalue weighted by atomic mass is 32.2. The summed E-state index contributed by atoms with van der Waals surface area (Å²) in [5.74, 6) is 0.727. The van der Waals surface area contributed by atoms with Crippen LogP contribution in [0.3, 0.4) is 0 Å². The summed E-state index contributed by atoms with van der Waals surface area (Å²) < 4.78 is 10.7. The summed E-state index contributed by atoms with van der Waals surface area (Å²) in [5, 5.41) is 3.24. The molecule has 0 saturated carbocycles. The van der Waals surface area contributed by atoms with E-state index < -0.39 is 10.8 Å². The molecule has 2 unspecified atom stereocenters. The second-order valence-electron chi connectivity index (χ2n) is 2.74. The molecule has 0 aromatic rings. The molecule has 4 heteroatoms. The fourth-order valence-electron chi connectivity index (χ4n) is 0.862. The molecular weight excluding hydrogens is 160 g/mol. The topological polar surface area (TPSA) is 55.1 Å². The Morgan fingerprint density at radius 3 is 2.73 bits per heavy atom. The van der Waals surface area contributed by atoms with E-state index in [4.69, 9.17) is 5.73 Å². The van der Waals surface area contributed by atoms with Crippen LogP contribution in [0.2, 0.25) is 0 Å². The Bertz CT molecular complexity index is 119. The van der Waals surface area contributed by atoms with E-state index in [0.717, 1.165) is 25.3 Å². The summed E-state index contributed by atoms with van der Waals surface area (Å²) in [7, 11) is -0.695. The van der Waals surface area contributed by atoms with E-state index in [0.29, 0.717) is 6.04 Å². The van der Waals surface area contributed by atoms with E-state index in [1.54, 1.807) is 6.26 Å². The first-order chi connectivity index (χ1) is 5.16. The van der Waals surface area contributed by atoms with Crippen LogP contribution < -0.4 is 11.1 Å². The van der Waals surface area contributed by atoms with Crippen molar-refractivity contribution >= 4 is 10.8 Å². The van der Waals surface area contributed by atoms with Gasteiger partial charge >= 0.3 is 0 Å². The molecule has 0 aromatic carbocycles. The molecule has 0 amide bonds. The van der Waals surface area contributed by atoms with Crippen LogP contribution in [0, 0.1) is 0 Å². The van der Waals surface area contributed by atoms with Gasteiger partial charge in [0.1, 0.15) is 0 Å². The van der Waals surface area contributed by atoms with Gasteiger partial charge < -0.3 is 11.1 Å². The average molecular weight is 178 g/mol. The lowest BCUT2D eigenvalue weighted by Crippen LogP contribution is -2.32.